The summed E-state index contributed by atoms with van der Waals surface area (Å²) in [5, 5.41) is 12.6. The van der Waals surface area contributed by atoms with Crippen molar-refractivity contribution in [2.45, 2.75) is 31.3 Å². The second kappa shape index (κ2) is 5.82. The molecule has 2 heterocycles. The number of aliphatic hydroxyl groups is 1. The fraction of sp³-hybridized carbons (Fsp3) is 0.292. The van der Waals surface area contributed by atoms with E-state index in [-0.39, 0.29) is 24.5 Å². The van der Waals surface area contributed by atoms with Crippen molar-refractivity contribution in [3.8, 4) is 11.1 Å². The predicted octanol–water partition coefficient (Wildman–Crippen LogP) is 3.28. The monoisotopic (exact) mass is 370 g/mol. The normalized spacial score (nSPS) is 22.6. The second-order valence-corrected chi connectivity index (χ2v) is 8.04. The molecule has 2 aromatic carbocycles. The molecule has 0 saturated heterocycles. The minimum atomic E-state index is 0.0615. The average Bonchev–Trinajstić information content (AvgIpc) is 3.38. The van der Waals surface area contributed by atoms with Gasteiger partial charge in [0.1, 0.15) is 0 Å². The Morgan fingerprint density at radius 2 is 1.96 bits per heavy atom. The number of rotatable bonds is 3. The van der Waals surface area contributed by atoms with Crippen LogP contribution in [0.25, 0.3) is 11.1 Å². The summed E-state index contributed by atoms with van der Waals surface area (Å²) >= 11 is 0. The summed E-state index contributed by atoms with van der Waals surface area (Å²) in [4.78, 5) is 15.3. The molecule has 4 aliphatic rings. The van der Waals surface area contributed by atoms with Gasteiger partial charge in [-0.15, -0.1) is 0 Å². The van der Waals surface area contributed by atoms with Crippen LogP contribution in [0.2, 0.25) is 0 Å². The van der Waals surface area contributed by atoms with Crippen LogP contribution in [-0.2, 0) is 13.0 Å². The van der Waals surface area contributed by atoms with Crippen LogP contribution in [0, 0.1) is 0 Å². The molecule has 0 fully saturated rings. The molecule has 2 N–H and O–H groups in total. The van der Waals surface area contributed by atoms with E-state index in [9.17, 15) is 9.90 Å². The Balaban J connectivity index is 1.67. The number of carbonyl (C=O) groups excluding carboxylic acids is 1. The van der Waals surface area contributed by atoms with E-state index >= 15 is 0 Å². The molecule has 28 heavy (non-hydrogen) atoms. The van der Waals surface area contributed by atoms with E-state index in [0.717, 1.165) is 30.5 Å². The molecule has 2 aromatic rings. The number of allylic oxidation sites excluding steroid dienone is 2. The molecule has 4 nitrogen and oxygen atoms in total. The molecule has 0 aromatic heterocycles. The van der Waals surface area contributed by atoms with Crippen LogP contribution in [-0.4, -0.2) is 30.2 Å². The first-order valence-electron chi connectivity index (χ1n) is 10.1. The van der Waals surface area contributed by atoms with E-state index in [4.69, 9.17) is 0 Å². The fourth-order valence-electron chi connectivity index (χ4n) is 5.63. The number of nitrogens with one attached hydrogen (secondary N) is 1. The van der Waals surface area contributed by atoms with Crippen LogP contribution in [0.3, 0.4) is 0 Å². The lowest BCUT2D eigenvalue weighted by molar-refractivity contribution is 0.0966. The fourth-order valence-corrected chi connectivity index (χ4v) is 5.63. The van der Waals surface area contributed by atoms with Crippen molar-refractivity contribution in [1.82, 2.24) is 5.32 Å². The smallest absolute Gasteiger partial charge is 0.252 e. The molecular formula is C24H22N2O2. The Labute approximate surface area is 164 Å². The van der Waals surface area contributed by atoms with Gasteiger partial charge in [0.15, 0.2) is 0 Å². The number of hydrogen-bond donors (Lipinski definition) is 2. The lowest BCUT2D eigenvalue weighted by Gasteiger charge is -2.29. The summed E-state index contributed by atoms with van der Waals surface area (Å²) in [6, 6.07) is 8.75. The van der Waals surface area contributed by atoms with E-state index in [0.29, 0.717) is 6.54 Å². The Bertz CT molecular complexity index is 1080. The van der Waals surface area contributed by atoms with Crippen molar-refractivity contribution >= 4 is 11.6 Å². The van der Waals surface area contributed by atoms with Crippen molar-refractivity contribution in [3.05, 3.63) is 76.4 Å². The number of aliphatic hydroxyl groups excluding tert-OH is 1. The van der Waals surface area contributed by atoms with Gasteiger partial charge < -0.3 is 15.3 Å². The van der Waals surface area contributed by atoms with Crippen LogP contribution in [0.1, 0.15) is 45.0 Å². The maximum atomic E-state index is 12.9. The highest BCUT2D eigenvalue weighted by molar-refractivity contribution is 6.09. The third-order valence-electron chi connectivity index (χ3n) is 6.67. The Morgan fingerprint density at radius 3 is 2.86 bits per heavy atom. The first kappa shape index (κ1) is 16.1. The summed E-state index contributed by atoms with van der Waals surface area (Å²) in [5.41, 5.74) is 9.64. The summed E-state index contributed by atoms with van der Waals surface area (Å²) in [6.45, 7) is 1.63. The molecule has 2 unspecified atom stereocenters. The van der Waals surface area contributed by atoms with Crippen LogP contribution in [0.4, 0.5) is 5.69 Å². The Kier molecular flexibility index (Phi) is 3.36. The summed E-state index contributed by atoms with van der Waals surface area (Å²) in [6.07, 6.45) is 10.4. The van der Waals surface area contributed by atoms with E-state index in [2.05, 4.69) is 58.8 Å². The highest BCUT2D eigenvalue weighted by atomic mass is 16.3. The summed E-state index contributed by atoms with van der Waals surface area (Å²) in [5.74, 6) is 0.334. The third kappa shape index (κ3) is 1.96. The standard InChI is InChI=1S/C24H22N2O2/c27-11-5-10-26-19-9-4-3-8-16(19)21-18-13-25-24(28)22(18)20-15-7-2-1-6-14(15)12-17(20)23(21)26/h1-4,6-9,16,19,27H,5,10-13H2,(H,25,28). The molecule has 0 spiro atoms. The maximum Gasteiger partial charge on any atom is 0.252 e. The van der Waals surface area contributed by atoms with Gasteiger partial charge in [0.05, 0.1) is 11.6 Å². The van der Waals surface area contributed by atoms with Crippen LogP contribution in [0.5, 0.6) is 0 Å². The quantitative estimate of drug-likeness (QED) is 0.744. The molecule has 1 amide bonds. The van der Waals surface area contributed by atoms with Crippen LogP contribution in [0.15, 0.2) is 48.6 Å². The zero-order chi connectivity index (χ0) is 18.8. The molecule has 0 radical (unpaired) electrons. The van der Waals surface area contributed by atoms with Gasteiger partial charge in [0.2, 0.25) is 0 Å². The van der Waals surface area contributed by atoms with E-state index in [1.165, 1.54) is 33.5 Å². The molecule has 2 aliphatic carbocycles. The first-order chi connectivity index (χ1) is 13.8. The number of hydrogen-bond acceptors (Lipinski definition) is 3. The molecule has 2 atom stereocenters. The molecule has 2 aliphatic heterocycles. The van der Waals surface area contributed by atoms with Gasteiger partial charge in [0.25, 0.3) is 5.91 Å². The van der Waals surface area contributed by atoms with Crippen molar-refractivity contribution in [3.63, 3.8) is 0 Å². The minimum Gasteiger partial charge on any atom is -0.396 e. The lowest BCUT2D eigenvalue weighted by Crippen LogP contribution is -2.34. The van der Waals surface area contributed by atoms with Crippen molar-refractivity contribution in [2.24, 2.45) is 0 Å². The SMILES string of the molecule is O=C1NCc2c1c1c(c3c2C2C=CC=CC2N3CCCO)Cc2ccccc2-1. The number of nitrogens with zero attached hydrogens (tertiary/aromatic N) is 1. The highest BCUT2D eigenvalue weighted by Crippen LogP contribution is 2.55. The molecule has 6 rings (SSSR count). The highest BCUT2D eigenvalue weighted by Gasteiger charge is 2.45. The van der Waals surface area contributed by atoms with Crippen LogP contribution < -0.4 is 10.2 Å². The maximum absolute atomic E-state index is 12.9. The summed E-state index contributed by atoms with van der Waals surface area (Å²) in [7, 11) is 0. The molecule has 0 saturated carbocycles. The van der Waals surface area contributed by atoms with Crippen molar-refractivity contribution < 1.29 is 9.90 Å². The van der Waals surface area contributed by atoms with Crippen molar-refractivity contribution in [2.75, 3.05) is 18.1 Å². The van der Waals surface area contributed by atoms with E-state index in [1.54, 1.807) is 0 Å². The summed E-state index contributed by atoms with van der Waals surface area (Å²) < 4.78 is 0. The molecular weight excluding hydrogens is 348 g/mol. The number of fused-ring (bicyclic) bond motifs is 10. The van der Waals surface area contributed by atoms with E-state index in [1.807, 2.05) is 0 Å². The number of amides is 1. The molecule has 140 valence electrons. The van der Waals surface area contributed by atoms with Crippen LogP contribution >= 0.6 is 0 Å². The van der Waals surface area contributed by atoms with Gasteiger partial charge in [-0.05, 0) is 34.2 Å². The van der Waals surface area contributed by atoms with Gasteiger partial charge >= 0.3 is 0 Å². The van der Waals surface area contributed by atoms with Gasteiger partial charge in [-0.1, -0.05) is 48.6 Å². The van der Waals surface area contributed by atoms with Crippen molar-refractivity contribution in [1.29, 1.82) is 0 Å². The first-order valence-corrected chi connectivity index (χ1v) is 10.1. The van der Waals surface area contributed by atoms with Gasteiger partial charge in [0, 0.05) is 43.3 Å². The van der Waals surface area contributed by atoms with Gasteiger partial charge in [-0.25, -0.2) is 0 Å². The van der Waals surface area contributed by atoms with Gasteiger partial charge in [-0.3, -0.25) is 4.79 Å². The zero-order valence-corrected chi connectivity index (χ0v) is 15.6. The molecule has 4 heteroatoms. The number of benzene rings is 2. The topological polar surface area (TPSA) is 52.6 Å². The lowest BCUT2D eigenvalue weighted by atomic mass is 9.84. The zero-order valence-electron chi connectivity index (χ0n) is 15.6. The van der Waals surface area contributed by atoms with E-state index < -0.39 is 0 Å². The average molecular weight is 370 g/mol. The Hall–Kier alpha value is -2.85. The largest absolute Gasteiger partial charge is 0.396 e. The predicted molar refractivity (Wildman–Crippen MR) is 110 cm³/mol. The Morgan fingerprint density at radius 1 is 1.11 bits per heavy atom. The molecule has 0 bridgehead atoms. The van der Waals surface area contributed by atoms with Gasteiger partial charge in [-0.2, -0.15) is 0 Å². The minimum absolute atomic E-state index is 0.0615. The second-order valence-electron chi connectivity index (χ2n) is 8.04. The number of anilines is 1. The number of carbonyl (C=O) groups is 1. The third-order valence-corrected chi connectivity index (χ3v) is 6.67.